The Kier molecular flexibility index (Phi) is 3.86. The van der Waals surface area contributed by atoms with Crippen molar-refractivity contribution in [1.82, 2.24) is 5.32 Å². The van der Waals surface area contributed by atoms with Crippen LogP contribution in [0.3, 0.4) is 0 Å². The average molecular weight is 202 g/mol. The zero-order chi connectivity index (χ0) is 8.48. The molecule has 0 aromatic carbocycles. The van der Waals surface area contributed by atoms with Gasteiger partial charge in [0, 0.05) is 13.0 Å². The topological polar surface area (TPSA) is 49.3 Å². The van der Waals surface area contributed by atoms with E-state index in [9.17, 15) is 13.6 Å². The average Bonchev–Trinajstić information content (AvgIpc) is 1.85. The van der Waals surface area contributed by atoms with Gasteiger partial charge in [0.05, 0.1) is 12.5 Å². The maximum absolute atomic E-state index is 12.5. The molecule has 0 aliphatic carbocycles. The monoisotopic (exact) mass is 201 g/mol. The summed E-state index contributed by atoms with van der Waals surface area (Å²) in [6.07, 6.45) is -0.546. The molecule has 1 saturated heterocycles. The summed E-state index contributed by atoms with van der Waals surface area (Å²) in [5.74, 6) is -4.96. The van der Waals surface area contributed by atoms with Gasteiger partial charge in [0.25, 0.3) is 5.92 Å². The van der Waals surface area contributed by atoms with Gasteiger partial charge in [-0.25, -0.2) is 8.78 Å². The van der Waals surface area contributed by atoms with E-state index in [1.807, 2.05) is 0 Å². The Morgan fingerprint density at radius 2 is 2.17 bits per heavy atom. The van der Waals surface area contributed by atoms with Crippen LogP contribution in [0, 0.1) is 5.92 Å². The van der Waals surface area contributed by atoms with Crippen LogP contribution in [-0.2, 0) is 4.79 Å². The van der Waals surface area contributed by atoms with Gasteiger partial charge >= 0.3 is 5.97 Å². The normalized spacial score (nSPS) is 27.3. The van der Waals surface area contributed by atoms with Crippen LogP contribution in [-0.4, -0.2) is 30.1 Å². The standard InChI is InChI=1S/C6H9F2NO2.ClH/c7-6(8)1-4(5(10)11)2-9-3-6;/h4,9H,1-3H2,(H,10,11);1H/t4-;/m1./s1. The van der Waals surface area contributed by atoms with Gasteiger partial charge in [-0.1, -0.05) is 0 Å². The lowest BCUT2D eigenvalue weighted by Crippen LogP contribution is -2.46. The van der Waals surface area contributed by atoms with Gasteiger partial charge in [-0.3, -0.25) is 4.79 Å². The molecule has 0 aromatic heterocycles. The van der Waals surface area contributed by atoms with Crippen molar-refractivity contribution < 1.29 is 18.7 Å². The molecule has 0 bridgehead atoms. The lowest BCUT2D eigenvalue weighted by Gasteiger charge is -2.26. The van der Waals surface area contributed by atoms with E-state index in [1.165, 1.54) is 0 Å². The molecule has 12 heavy (non-hydrogen) atoms. The molecule has 1 fully saturated rings. The third-order valence-corrected chi connectivity index (χ3v) is 1.67. The second-order valence-corrected chi connectivity index (χ2v) is 2.73. The van der Waals surface area contributed by atoms with E-state index in [0.29, 0.717) is 0 Å². The molecule has 6 heteroatoms. The molecule has 72 valence electrons. The second kappa shape index (κ2) is 4.00. The van der Waals surface area contributed by atoms with E-state index in [-0.39, 0.29) is 19.0 Å². The predicted octanol–water partition coefficient (Wildman–Crippen LogP) is 0.738. The zero-order valence-electron chi connectivity index (χ0n) is 6.22. The van der Waals surface area contributed by atoms with Crippen LogP contribution >= 0.6 is 12.4 Å². The highest BCUT2D eigenvalue weighted by atomic mass is 35.5. The van der Waals surface area contributed by atoms with Crippen LogP contribution in [0.15, 0.2) is 0 Å². The van der Waals surface area contributed by atoms with Crippen molar-refractivity contribution in [3.8, 4) is 0 Å². The fourth-order valence-electron chi connectivity index (χ4n) is 1.11. The molecule has 0 amide bonds. The first-order valence-corrected chi connectivity index (χ1v) is 3.33. The number of rotatable bonds is 1. The molecule has 2 N–H and O–H groups in total. The van der Waals surface area contributed by atoms with E-state index in [4.69, 9.17) is 5.11 Å². The third kappa shape index (κ3) is 2.91. The van der Waals surface area contributed by atoms with Gasteiger partial charge in [-0.2, -0.15) is 0 Å². The molecule has 0 unspecified atom stereocenters. The molecule has 0 radical (unpaired) electrons. The first kappa shape index (κ1) is 11.6. The van der Waals surface area contributed by atoms with E-state index in [2.05, 4.69) is 5.32 Å². The maximum Gasteiger partial charge on any atom is 0.308 e. The van der Waals surface area contributed by atoms with E-state index < -0.39 is 30.8 Å². The van der Waals surface area contributed by atoms with Crippen LogP contribution in [0.2, 0.25) is 0 Å². The molecule has 1 aliphatic heterocycles. The number of halogens is 3. The number of piperidine rings is 1. The third-order valence-electron chi connectivity index (χ3n) is 1.67. The Bertz CT molecular complexity index is 177. The molecule has 0 spiro atoms. The van der Waals surface area contributed by atoms with Crippen molar-refractivity contribution in [1.29, 1.82) is 0 Å². The smallest absolute Gasteiger partial charge is 0.308 e. The first-order chi connectivity index (χ1) is 5.01. The predicted molar refractivity (Wildman–Crippen MR) is 40.8 cm³/mol. The zero-order valence-corrected chi connectivity index (χ0v) is 7.03. The van der Waals surface area contributed by atoms with E-state index in [0.717, 1.165) is 0 Å². The highest BCUT2D eigenvalue weighted by Gasteiger charge is 2.39. The number of hydrogen-bond donors (Lipinski definition) is 2. The Labute approximate surface area is 74.5 Å². The second-order valence-electron chi connectivity index (χ2n) is 2.73. The Hall–Kier alpha value is -0.420. The van der Waals surface area contributed by atoms with Gasteiger partial charge in [0.2, 0.25) is 0 Å². The quantitative estimate of drug-likeness (QED) is 0.658. The van der Waals surface area contributed by atoms with Crippen molar-refractivity contribution in [2.45, 2.75) is 12.3 Å². The van der Waals surface area contributed by atoms with Gasteiger partial charge < -0.3 is 10.4 Å². The Morgan fingerprint density at radius 3 is 2.50 bits per heavy atom. The maximum atomic E-state index is 12.5. The minimum atomic E-state index is -2.86. The first-order valence-electron chi connectivity index (χ1n) is 3.33. The molecule has 0 saturated carbocycles. The molecule has 1 aliphatic rings. The summed E-state index contributed by atoms with van der Waals surface area (Å²) in [5.41, 5.74) is 0. The van der Waals surface area contributed by atoms with Crippen molar-refractivity contribution >= 4 is 18.4 Å². The number of aliphatic carboxylic acids is 1. The number of hydrogen-bond acceptors (Lipinski definition) is 2. The van der Waals surface area contributed by atoms with Crippen LogP contribution in [0.4, 0.5) is 8.78 Å². The number of carboxylic acids is 1. The largest absolute Gasteiger partial charge is 0.481 e. The minimum absolute atomic E-state index is 0. The van der Waals surface area contributed by atoms with Crippen LogP contribution in [0.25, 0.3) is 0 Å². The molecular formula is C6H10ClF2NO2. The molecular weight excluding hydrogens is 192 g/mol. The Morgan fingerprint density at radius 1 is 1.58 bits per heavy atom. The number of carboxylic acid groups (broad SMARTS) is 1. The molecule has 0 aromatic rings. The summed E-state index contributed by atoms with van der Waals surface area (Å²) in [4.78, 5) is 10.3. The fraction of sp³-hybridized carbons (Fsp3) is 0.833. The lowest BCUT2D eigenvalue weighted by molar-refractivity contribution is -0.147. The van der Waals surface area contributed by atoms with Crippen LogP contribution in [0.1, 0.15) is 6.42 Å². The van der Waals surface area contributed by atoms with Crippen molar-refractivity contribution in [3.05, 3.63) is 0 Å². The minimum Gasteiger partial charge on any atom is -0.481 e. The van der Waals surface area contributed by atoms with Crippen molar-refractivity contribution in [2.24, 2.45) is 5.92 Å². The van der Waals surface area contributed by atoms with Crippen LogP contribution in [0.5, 0.6) is 0 Å². The summed E-state index contributed by atoms with van der Waals surface area (Å²) in [5, 5.41) is 10.8. The molecule has 1 rings (SSSR count). The summed E-state index contributed by atoms with van der Waals surface area (Å²) in [6, 6.07) is 0. The summed E-state index contributed by atoms with van der Waals surface area (Å²) < 4.78 is 25.0. The van der Waals surface area contributed by atoms with Gasteiger partial charge in [-0.15, -0.1) is 12.4 Å². The lowest BCUT2D eigenvalue weighted by atomic mass is 9.97. The fourth-order valence-corrected chi connectivity index (χ4v) is 1.11. The van der Waals surface area contributed by atoms with Gasteiger partial charge in [0.15, 0.2) is 0 Å². The van der Waals surface area contributed by atoms with Gasteiger partial charge in [-0.05, 0) is 0 Å². The van der Waals surface area contributed by atoms with E-state index in [1.54, 1.807) is 0 Å². The van der Waals surface area contributed by atoms with E-state index >= 15 is 0 Å². The number of nitrogens with one attached hydrogen (secondary N) is 1. The summed E-state index contributed by atoms with van der Waals surface area (Å²) >= 11 is 0. The summed E-state index contributed by atoms with van der Waals surface area (Å²) in [6.45, 7) is -0.262. The number of carbonyl (C=O) groups is 1. The van der Waals surface area contributed by atoms with Crippen LogP contribution < -0.4 is 5.32 Å². The molecule has 1 heterocycles. The van der Waals surface area contributed by atoms with Crippen molar-refractivity contribution in [2.75, 3.05) is 13.1 Å². The number of alkyl halides is 2. The molecule has 1 atom stereocenters. The van der Waals surface area contributed by atoms with Crippen molar-refractivity contribution in [3.63, 3.8) is 0 Å². The highest BCUT2D eigenvalue weighted by molar-refractivity contribution is 5.85. The Balaban J connectivity index is 0.00000121. The SMILES string of the molecule is Cl.O=C(O)[C@H]1CNCC(F)(F)C1. The highest BCUT2D eigenvalue weighted by Crippen LogP contribution is 2.25. The molecule has 3 nitrogen and oxygen atoms in total. The summed E-state index contributed by atoms with van der Waals surface area (Å²) in [7, 11) is 0. The van der Waals surface area contributed by atoms with Gasteiger partial charge in [0.1, 0.15) is 0 Å².